The fourth-order valence-corrected chi connectivity index (χ4v) is 8.88. The number of oxime groups is 1. The largest absolute Gasteiger partial charge is 0.450 e. The number of alkyl carbamates (subject to hydrolysis) is 1. The van der Waals surface area contributed by atoms with Gasteiger partial charge in [0.1, 0.15) is 29.4 Å². The molecule has 3 N–H and O–H groups in total. The highest BCUT2D eigenvalue weighted by molar-refractivity contribution is 7.91. The first-order valence-corrected chi connectivity index (χ1v) is 20.2. The van der Waals surface area contributed by atoms with Crippen molar-refractivity contribution in [2.45, 2.75) is 101 Å². The molecule has 2 aromatic rings. The van der Waals surface area contributed by atoms with E-state index in [1.54, 1.807) is 20.8 Å². The summed E-state index contributed by atoms with van der Waals surface area (Å²) >= 11 is 0. The maximum Gasteiger partial charge on any atom is 0.407 e. The number of ether oxygens (including phenoxy) is 1. The molecule has 7 rings (SSSR count). The average Bonchev–Trinajstić information content (AvgIpc) is 4.04. The molecule has 1 saturated heterocycles. The second kappa shape index (κ2) is 14.7. The second-order valence-corrected chi connectivity index (χ2v) is 18.0. The van der Waals surface area contributed by atoms with E-state index in [9.17, 15) is 36.4 Å². The van der Waals surface area contributed by atoms with Gasteiger partial charge in [-0.2, -0.15) is 0 Å². The summed E-state index contributed by atoms with van der Waals surface area (Å²) in [6.07, 6.45) is 1.39. The molecule has 294 valence electrons. The number of carbonyl (C=O) groups excluding carboxylic acids is 4. The fourth-order valence-electron chi connectivity index (χ4n) is 7.52. The van der Waals surface area contributed by atoms with E-state index in [4.69, 9.17) is 9.57 Å². The van der Waals surface area contributed by atoms with E-state index in [0.29, 0.717) is 25.0 Å². The van der Waals surface area contributed by atoms with Crippen molar-refractivity contribution in [2.24, 2.45) is 16.5 Å². The second-order valence-electron chi connectivity index (χ2n) is 16.0. The third kappa shape index (κ3) is 7.82. The Hall–Kier alpha value is -4.86. The van der Waals surface area contributed by atoms with Crippen LogP contribution in [0.15, 0.2) is 53.7 Å². The molecule has 5 atom stereocenters. The van der Waals surface area contributed by atoms with Crippen molar-refractivity contribution in [1.82, 2.24) is 20.3 Å². The lowest BCUT2D eigenvalue weighted by molar-refractivity contribution is -0.143. The number of amides is 4. The Kier molecular flexibility index (Phi) is 10.2. The lowest BCUT2D eigenvalue weighted by Crippen LogP contribution is -2.60. The van der Waals surface area contributed by atoms with Crippen molar-refractivity contribution in [3.8, 4) is 11.1 Å². The zero-order valence-corrected chi connectivity index (χ0v) is 31.7. The van der Waals surface area contributed by atoms with E-state index < -0.39 is 87.0 Å². The van der Waals surface area contributed by atoms with Crippen molar-refractivity contribution < 1.29 is 46.0 Å². The molecule has 2 saturated carbocycles. The quantitative estimate of drug-likeness (QED) is 0.328. The summed E-state index contributed by atoms with van der Waals surface area (Å²) in [4.78, 5) is 62.3. The van der Waals surface area contributed by atoms with Crippen LogP contribution >= 0.6 is 0 Å². The third-order valence-corrected chi connectivity index (χ3v) is 12.7. The van der Waals surface area contributed by atoms with E-state index in [-0.39, 0.29) is 19.6 Å². The number of benzene rings is 2. The number of alkyl halides is 2. The zero-order valence-electron chi connectivity index (χ0n) is 30.8. The number of hydrogen-bond acceptors (Lipinski definition) is 9. The van der Waals surface area contributed by atoms with Crippen LogP contribution in [0.25, 0.3) is 17.2 Å². The highest BCUT2D eigenvalue weighted by Gasteiger charge is 2.67. The van der Waals surface area contributed by atoms with Crippen LogP contribution in [0.5, 0.6) is 0 Å². The monoisotopic (exact) mass is 781 g/mol. The number of carbonyl (C=O) groups is 4. The molecular formula is C39H45F2N5O8S. The summed E-state index contributed by atoms with van der Waals surface area (Å²) in [5.74, 6) is -4.51. The first kappa shape index (κ1) is 38.4. The van der Waals surface area contributed by atoms with Gasteiger partial charge in [0.05, 0.1) is 24.3 Å². The molecule has 3 fully saturated rings. The van der Waals surface area contributed by atoms with E-state index in [2.05, 4.69) is 15.8 Å². The van der Waals surface area contributed by atoms with Gasteiger partial charge < -0.3 is 25.1 Å². The molecule has 5 aliphatic rings. The minimum atomic E-state index is -4.12. The van der Waals surface area contributed by atoms with Crippen LogP contribution in [0.4, 0.5) is 13.6 Å². The molecule has 0 radical (unpaired) electrons. The highest BCUT2D eigenvalue weighted by Crippen LogP contribution is 2.48. The molecule has 2 aromatic carbocycles. The third-order valence-electron chi connectivity index (χ3n) is 10.9. The molecular weight excluding hydrogens is 737 g/mol. The normalized spacial score (nSPS) is 28.5. The average molecular weight is 782 g/mol. The number of sulfonamides is 1. The van der Waals surface area contributed by atoms with Gasteiger partial charge in [-0.1, -0.05) is 74.5 Å². The summed E-state index contributed by atoms with van der Waals surface area (Å²) in [5, 5.41) is 8.87. The van der Waals surface area contributed by atoms with Crippen LogP contribution in [-0.2, 0) is 34.0 Å². The Labute approximate surface area is 318 Å². The molecule has 16 heteroatoms. The fraction of sp³-hybridized carbons (Fsp3) is 0.513. The van der Waals surface area contributed by atoms with E-state index >= 15 is 0 Å². The van der Waals surface area contributed by atoms with Gasteiger partial charge in [0.15, 0.2) is 0 Å². The van der Waals surface area contributed by atoms with E-state index in [1.165, 1.54) is 4.90 Å². The first-order valence-electron chi connectivity index (χ1n) is 18.6. The maximum atomic E-state index is 14.5. The number of nitrogens with zero attached hydrogens (tertiary/aromatic N) is 2. The Morgan fingerprint density at radius 2 is 1.76 bits per heavy atom. The number of cyclic esters (lactones) is 1. The number of halogens is 2. The zero-order chi connectivity index (χ0) is 39.3. The van der Waals surface area contributed by atoms with Gasteiger partial charge in [-0.05, 0) is 66.7 Å². The van der Waals surface area contributed by atoms with Gasteiger partial charge in [-0.15, -0.1) is 0 Å². The van der Waals surface area contributed by atoms with Gasteiger partial charge in [-0.25, -0.2) is 22.0 Å². The summed E-state index contributed by atoms with van der Waals surface area (Å²) in [6, 6.07) is 11.2. The van der Waals surface area contributed by atoms with Gasteiger partial charge in [0.25, 0.3) is 5.91 Å². The van der Waals surface area contributed by atoms with E-state index in [0.717, 1.165) is 40.7 Å². The van der Waals surface area contributed by atoms with Gasteiger partial charge in [0.2, 0.25) is 28.3 Å². The molecule has 55 heavy (non-hydrogen) atoms. The van der Waals surface area contributed by atoms with Crippen LogP contribution in [0, 0.1) is 11.3 Å². The minimum absolute atomic E-state index is 0.109. The van der Waals surface area contributed by atoms with Crippen LogP contribution < -0.4 is 15.4 Å². The predicted molar refractivity (Wildman–Crippen MR) is 198 cm³/mol. The van der Waals surface area contributed by atoms with Crippen molar-refractivity contribution >= 4 is 45.6 Å². The molecule has 0 spiro atoms. The Morgan fingerprint density at radius 3 is 2.45 bits per heavy atom. The molecule has 0 unspecified atom stereocenters. The van der Waals surface area contributed by atoms with Crippen molar-refractivity contribution in [2.75, 3.05) is 13.2 Å². The van der Waals surface area contributed by atoms with Crippen molar-refractivity contribution in [3.05, 3.63) is 65.2 Å². The van der Waals surface area contributed by atoms with Gasteiger partial charge >= 0.3 is 6.09 Å². The van der Waals surface area contributed by atoms with Crippen molar-refractivity contribution in [3.63, 3.8) is 0 Å². The molecule has 4 bridgehead atoms. The summed E-state index contributed by atoms with van der Waals surface area (Å²) < 4.78 is 60.8. The van der Waals surface area contributed by atoms with E-state index in [1.807, 2.05) is 59.3 Å². The summed E-state index contributed by atoms with van der Waals surface area (Å²) in [5.41, 5.74) is 2.00. The topological polar surface area (TPSA) is 173 Å². The lowest BCUT2D eigenvalue weighted by atomic mass is 9.85. The Balaban J connectivity index is 1.22. The number of allylic oxidation sites excluding steroid dienone is 1. The number of hydrogen-bond donors (Lipinski definition) is 3. The Morgan fingerprint density at radius 1 is 1.04 bits per heavy atom. The smallest absolute Gasteiger partial charge is 0.407 e. The number of rotatable bonds is 6. The standard InChI is InChI=1S/C39H45F2N5O8S/c1-38(2,3)32-35(48)46-21-23(19-30(46)34(47)43-39(20-29(39)33(40)41)36(49)45-55(51,52)24-14-15-24)54-44-31-27-12-8-7-11-25(27)26-16-13-22(18-28(26)31)10-6-4-5-9-17-53-37(50)42-32/h6-8,10-13,16,18,23-24,29-30,32-33H,4-5,9,14-15,17,19-21H2,1-3H3,(H,42,50)(H,43,47)(H,45,49)/b10-6+,44-31-/t23-,29+,30+,32-,39-/m1/s1. The van der Waals surface area contributed by atoms with Crippen molar-refractivity contribution in [1.29, 1.82) is 0 Å². The van der Waals surface area contributed by atoms with Gasteiger partial charge in [-0.3, -0.25) is 19.1 Å². The number of fused-ring (bicyclic) bond motifs is 6. The molecule has 2 aliphatic heterocycles. The van der Waals surface area contributed by atoms with Crippen LogP contribution in [0.2, 0.25) is 0 Å². The lowest BCUT2D eigenvalue weighted by Gasteiger charge is -2.35. The minimum Gasteiger partial charge on any atom is -0.450 e. The van der Waals surface area contributed by atoms with Crippen LogP contribution in [-0.4, -0.2) is 91.4 Å². The van der Waals surface area contributed by atoms with Crippen LogP contribution in [0.3, 0.4) is 0 Å². The Bertz CT molecular complexity index is 2060. The molecule has 3 aliphatic carbocycles. The molecule has 0 aromatic heterocycles. The summed E-state index contributed by atoms with van der Waals surface area (Å²) in [7, 11) is -4.12. The molecule has 2 heterocycles. The highest BCUT2D eigenvalue weighted by atomic mass is 32.2. The maximum absolute atomic E-state index is 14.5. The predicted octanol–water partition coefficient (Wildman–Crippen LogP) is 4.49. The molecule has 13 nitrogen and oxygen atoms in total. The summed E-state index contributed by atoms with van der Waals surface area (Å²) in [6.45, 7) is 5.12. The molecule has 4 amide bonds. The van der Waals surface area contributed by atoms with Crippen LogP contribution in [0.1, 0.15) is 82.4 Å². The van der Waals surface area contributed by atoms with Gasteiger partial charge in [0, 0.05) is 17.5 Å². The SMILES string of the molecule is CC(C)(C)[C@@H]1NC(=O)OCCCC/C=C/c2ccc3c(c2)/C(=N\O[C@@H]2C[C@@H](C(=O)N[C@]4(C(=O)NS(=O)(=O)C5CC5)C[C@H]4C(F)F)N(C2)C1=O)c1ccccc1-3. The first-order chi connectivity index (χ1) is 26.1. The number of nitrogens with one attached hydrogen (secondary N) is 3.